The molecule has 0 atom stereocenters. The smallest absolute Gasteiger partial charge is 0.337 e. The van der Waals surface area contributed by atoms with Crippen LogP contribution in [-0.4, -0.2) is 34.9 Å². The van der Waals surface area contributed by atoms with E-state index in [-0.39, 0.29) is 0 Å². The van der Waals surface area contributed by atoms with Gasteiger partial charge in [-0.3, -0.25) is 0 Å². The Morgan fingerprint density at radius 3 is 2.00 bits per heavy atom. The van der Waals surface area contributed by atoms with Crippen LogP contribution in [0.1, 0.15) is 34.1 Å². The van der Waals surface area contributed by atoms with Crippen molar-refractivity contribution in [2.45, 2.75) is 46.2 Å². The standard InChI is InChI=1S/C11H27NO2Si/c1-5-12-10-9-11-15(8-4,13-6-2)14-7-3/h12H,5-11H2,1-4H3. The van der Waals surface area contributed by atoms with Crippen molar-refractivity contribution in [3.8, 4) is 0 Å². The summed E-state index contributed by atoms with van der Waals surface area (Å²) in [5.41, 5.74) is 0. The fraction of sp³-hybridized carbons (Fsp3) is 1.00. The third-order valence-corrected chi connectivity index (χ3v) is 6.34. The zero-order valence-electron chi connectivity index (χ0n) is 10.8. The van der Waals surface area contributed by atoms with Crippen LogP contribution in [0.3, 0.4) is 0 Å². The van der Waals surface area contributed by atoms with E-state index in [1.165, 1.54) is 0 Å². The van der Waals surface area contributed by atoms with Crippen LogP contribution in [0.2, 0.25) is 12.1 Å². The molecule has 0 aliphatic heterocycles. The summed E-state index contributed by atoms with van der Waals surface area (Å²) in [6.45, 7) is 12.1. The van der Waals surface area contributed by atoms with Gasteiger partial charge in [0.1, 0.15) is 0 Å². The molecule has 92 valence electrons. The van der Waals surface area contributed by atoms with Crippen molar-refractivity contribution >= 4 is 8.56 Å². The normalized spacial score (nSPS) is 12.0. The predicted octanol–water partition coefficient (Wildman–Crippen LogP) is 2.52. The van der Waals surface area contributed by atoms with Gasteiger partial charge in [-0.25, -0.2) is 0 Å². The van der Waals surface area contributed by atoms with E-state index in [1.807, 2.05) is 0 Å². The summed E-state index contributed by atoms with van der Waals surface area (Å²) in [6, 6.07) is 2.17. The van der Waals surface area contributed by atoms with Crippen LogP contribution in [0.25, 0.3) is 0 Å². The summed E-state index contributed by atoms with van der Waals surface area (Å²) >= 11 is 0. The lowest BCUT2D eigenvalue weighted by molar-refractivity contribution is 0.182. The SMILES string of the molecule is CCNCCC[Si](CC)(OCC)OCC. The first kappa shape index (κ1) is 15.1. The van der Waals surface area contributed by atoms with Gasteiger partial charge in [-0.2, -0.15) is 0 Å². The van der Waals surface area contributed by atoms with Crippen molar-refractivity contribution in [1.82, 2.24) is 5.32 Å². The van der Waals surface area contributed by atoms with Gasteiger partial charge in [0, 0.05) is 13.2 Å². The van der Waals surface area contributed by atoms with Gasteiger partial charge in [0.15, 0.2) is 0 Å². The maximum atomic E-state index is 5.89. The van der Waals surface area contributed by atoms with Crippen LogP contribution in [0.4, 0.5) is 0 Å². The third-order valence-electron chi connectivity index (χ3n) is 2.51. The summed E-state index contributed by atoms with van der Waals surface area (Å²) in [4.78, 5) is 0. The molecular weight excluding hydrogens is 206 g/mol. The van der Waals surface area contributed by atoms with Gasteiger partial charge in [-0.05, 0) is 45.4 Å². The van der Waals surface area contributed by atoms with E-state index in [9.17, 15) is 0 Å². The monoisotopic (exact) mass is 233 g/mol. The molecule has 1 N–H and O–H groups in total. The molecule has 0 aromatic rings. The molecule has 4 heteroatoms. The molecule has 0 rings (SSSR count). The Kier molecular flexibility index (Phi) is 9.39. The Morgan fingerprint density at radius 2 is 1.60 bits per heavy atom. The lowest BCUT2D eigenvalue weighted by Crippen LogP contribution is -2.42. The highest BCUT2D eigenvalue weighted by Crippen LogP contribution is 2.20. The van der Waals surface area contributed by atoms with Crippen molar-refractivity contribution in [1.29, 1.82) is 0 Å². The highest BCUT2D eigenvalue weighted by molar-refractivity contribution is 6.67. The number of rotatable bonds is 10. The maximum Gasteiger partial charge on any atom is 0.337 e. The Morgan fingerprint density at radius 1 is 1.00 bits per heavy atom. The van der Waals surface area contributed by atoms with Crippen LogP contribution < -0.4 is 5.32 Å². The molecule has 0 aliphatic rings. The molecule has 0 heterocycles. The maximum absolute atomic E-state index is 5.89. The largest absolute Gasteiger partial charge is 0.394 e. The Balaban J connectivity index is 3.96. The summed E-state index contributed by atoms with van der Waals surface area (Å²) in [5, 5.41) is 3.34. The molecule has 3 nitrogen and oxygen atoms in total. The molecule has 0 saturated heterocycles. The Bertz CT molecular complexity index is 139. The van der Waals surface area contributed by atoms with Crippen LogP contribution in [0.5, 0.6) is 0 Å². The van der Waals surface area contributed by atoms with E-state index in [2.05, 4.69) is 33.0 Å². The molecule has 0 aliphatic carbocycles. The van der Waals surface area contributed by atoms with Gasteiger partial charge in [0.2, 0.25) is 0 Å². The van der Waals surface area contributed by atoms with Crippen molar-refractivity contribution in [2.75, 3.05) is 26.3 Å². The Hall–Kier alpha value is 0.0969. The molecular formula is C11H27NO2Si. The molecule has 0 aromatic carbocycles. The van der Waals surface area contributed by atoms with Crippen LogP contribution >= 0.6 is 0 Å². The molecule has 0 saturated carbocycles. The molecule has 0 spiro atoms. The summed E-state index contributed by atoms with van der Waals surface area (Å²) in [5.74, 6) is 0. The minimum Gasteiger partial charge on any atom is -0.394 e. The van der Waals surface area contributed by atoms with Crippen molar-refractivity contribution in [3.63, 3.8) is 0 Å². The van der Waals surface area contributed by atoms with Gasteiger partial charge in [0.05, 0.1) is 0 Å². The molecule has 0 fully saturated rings. The van der Waals surface area contributed by atoms with E-state index in [0.717, 1.165) is 44.8 Å². The molecule has 0 radical (unpaired) electrons. The summed E-state index contributed by atoms with van der Waals surface area (Å²) in [6.07, 6.45) is 1.16. The first-order valence-electron chi connectivity index (χ1n) is 6.23. The first-order valence-corrected chi connectivity index (χ1v) is 8.46. The van der Waals surface area contributed by atoms with E-state index < -0.39 is 8.56 Å². The topological polar surface area (TPSA) is 30.5 Å². The van der Waals surface area contributed by atoms with Gasteiger partial charge in [-0.1, -0.05) is 13.8 Å². The average Bonchev–Trinajstić information content (AvgIpc) is 2.25. The molecule has 15 heavy (non-hydrogen) atoms. The fourth-order valence-electron chi connectivity index (χ4n) is 1.75. The lowest BCUT2D eigenvalue weighted by Gasteiger charge is -2.28. The van der Waals surface area contributed by atoms with E-state index in [4.69, 9.17) is 8.85 Å². The molecule has 0 amide bonds. The van der Waals surface area contributed by atoms with Gasteiger partial charge >= 0.3 is 8.56 Å². The quantitative estimate of drug-likeness (QED) is 0.464. The summed E-state index contributed by atoms with van der Waals surface area (Å²) in [7, 11) is -1.86. The number of nitrogens with one attached hydrogen (secondary N) is 1. The minimum absolute atomic E-state index is 0.779. The Labute approximate surface area is 95.8 Å². The highest BCUT2D eigenvalue weighted by atomic mass is 28.4. The van der Waals surface area contributed by atoms with Gasteiger partial charge in [0.25, 0.3) is 0 Å². The zero-order chi connectivity index (χ0) is 11.6. The molecule has 0 bridgehead atoms. The first-order chi connectivity index (χ1) is 7.24. The predicted molar refractivity (Wildman–Crippen MR) is 67.5 cm³/mol. The van der Waals surface area contributed by atoms with Crippen molar-refractivity contribution < 1.29 is 8.85 Å². The summed E-state index contributed by atoms with van der Waals surface area (Å²) < 4.78 is 11.8. The average molecular weight is 233 g/mol. The second-order valence-corrected chi connectivity index (χ2v) is 7.19. The van der Waals surface area contributed by atoms with Crippen LogP contribution in [0.15, 0.2) is 0 Å². The second-order valence-electron chi connectivity index (χ2n) is 3.59. The van der Waals surface area contributed by atoms with Crippen molar-refractivity contribution in [2.24, 2.45) is 0 Å². The fourth-order valence-corrected chi connectivity index (χ4v) is 4.65. The van der Waals surface area contributed by atoms with E-state index >= 15 is 0 Å². The second kappa shape index (κ2) is 9.33. The van der Waals surface area contributed by atoms with Gasteiger partial charge in [-0.15, -0.1) is 0 Å². The zero-order valence-corrected chi connectivity index (χ0v) is 11.8. The van der Waals surface area contributed by atoms with Gasteiger partial charge < -0.3 is 14.2 Å². The van der Waals surface area contributed by atoms with E-state index in [0.29, 0.717) is 0 Å². The third kappa shape index (κ3) is 6.30. The van der Waals surface area contributed by atoms with Crippen molar-refractivity contribution in [3.05, 3.63) is 0 Å². The van der Waals surface area contributed by atoms with E-state index in [1.54, 1.807) is 0 Å². The molecule has 0 unspecified atom stereocenters. The minimum atomic E-state index is -1.86. The van der Waals surface area contributed by atoms with Crippen LogP contribution in [-0.2, 0) is 8.85 Å². The van der Waals surface area contributed by atoms with Crippen LogP contribution in [0, 0.1) is 0 Å². The highest BCUT2D eigenvalue weighted by Gasteiger charge is 2.33. The molecule has 0 aromatic heterocycles. The lowest BCUT2D eigenvalue weighted by atomic mass is 10.5. The number of hydrogen-bond donors (Lipinski definition) is 1. The number of hydrogen-bond acceptors (Lipinski definition) is 3.